The molecule has 3 aromatic rings. The molecule has 7 nitrogen and oxygen atoms in total. The van der Waals surface area contributed by atoms with Gasteiger partial charge in [0.2, 0.25) is 0 Å². The van der Waals surface area contributed by atoms with Crippen LogP contribution in [0, 0.1) is 5.82 Å². The van der Waals surface area contributed by atoms with Gasteiger partial charge >= 0.3 is 6.03 Å². The highest BCUT2D eigenvalue weighted by atomic mass is 35.5. The molecule has 2 aromatic carbocycles. The zero-order chi connectivity index (χ0) is 22.7. The van der Waals surface area contributed by atoms with E-state index in [2.05, 4.69) is 20.1 Å². The van der Waals surface area contributed by atoms with Gasteiger partial charge in [-0.1, -0.05) is 18.0 Å². The van der Waals surface area contributed by atoms with Crippen LogP contribution in [0.2, 0.25) is 5.02 Å². The molecule has 2 heterocycles. The molecule has 0 saturated heterocycles. The second-order valence-corrected chi connectivity index (χ2v) is 8.46. The molecular weight excluding hydrogens is 431 g/mol. The van der Waals surface area contributed by atoms with E-state index in [1.54, 1.807) is 4.90 Å². The van der Waals surface area contributed by atoms with Crippen molar-refractivity contribution in [3.8, 4) is 0 Å². The molecule has 0 fully saturated rings. The van der Waals surface area contributed by atoms with E-state index in [0.29, 0.717) is 11.4 Å². The third-order valence-electron chi connectivity index (χ3n) is 5.58. The first-order valence-electron chi connectivity index (χ1n) is 10.6. The van der Waals surface area contributed by atoms with Crippen LogP contribution in [-0.2, 0) is 19.5 Å². The molecular formula is C23H26ClFN6O. The minimum Gasteiger partial charge on any atom is -0.378 e. The first kappa shape index (κ1) is 22.1. The van der Waals surface area contributed by atoms with Crippen LogP contribution in [-0.4, -0.2) is 34.9 Å². The lowest BCUT2D eigenvalue weighted by Crippen LogP contribution is -2.35. The monoisotopic (exact) mass is 456 g/mol. The molecule has 0 radical (unpaired) electrons. The van der Waals surface area contributed by atoms with E-state index in [1.165, 1.54) is 18.2 Å². The number of aromatic nitrogens is 3. The maximum Gasteiger partial charge on any atom is 0.326 e. The van der Waals surface area contributed by atoms with E-state index in [9.17, 15) is 9.18 Å². The number of halogens is 2. The van der Waals surface area contributed by atoms with Gasteiger partial charge in [0, 0.05) is 44.1 Å². The minimum atomic E-state index is -0.535. The highest BCUT2D eigenvalue weighted by Crippen LogP contribution is 2.25. The molecule has 9 heteroatoms. The average molecular weight is 457 g/mol. The fourth-order valence-corrected chi connectivity index (χ4v) is 3.96. The summed E-state index contributed by atoms with van der Waals surface area (Å²) in [5, 5.41) is 11.5. The highest BCUT2D eigenvalue weighted by molar-refractivity contribution is 6.31. The molecule has 0 atom stereocenters. The number of carbonyl (C=O) groups is 1. The number of carbonyl (C=O) groups excluding carboxylic acids is 1. The Hall–Kier alpha value is -3.13. The molecule has 1 aliphatic heterocycles. The molecule has 1 N–H and O–H groups in total. The third-order valence-corrected chi connectivity index (χ3v) is 5.87. The molecule has 1 aliphatic rings. The lowest BCUT2D eigenvalue weighted by molar-refractivity contribution is 0.256. The van der Waals surface area contributed by atoms with Crippen molar-refractivity contribution in [3.05, 3.63) is 65.0 Å². The summed E-state index contributed by atoms with van der Waals surface area (Å²) in [6.07, 6.45) is 4.21. The van der Waals surface area contributed by atoms with Crippen molar-refractivity contribution in [2.45, 2.75) is 38.8 Å². The molecule has 32 heavy (non-hydrogen) atoms. The van der Waals surface area contributed by atoms with E-state index < -0.39 is 5.82 Å². The lowest BCUT2D eigenvalue weighted by Gasteiger charge is -2.24. The van der Waals surface area contributed by atoms with E-state index in [4.69, 9.17) is 11.6 Å². The SMILES string of the molecule is CN(C)c1ccc(N(Cc2nnc3n2CCCCC3)C(=O)Nc2ccc(F)c(Cl)c2)cc1. The summed E-state index contributed by atoms with van der Waals surface area (Å²) in [5.41, 5.74) is 2.15. The Bertz CT molecular complexity index is 1100. The minimum absolute atomic E-state index is 0.0486. The molecule has 2 amide bonds. The van der Waals surface area contributed by atoms with Crippen LogP contribution in [0.15, 0.2) is 42.5 Å². The normalized spacial score (nSPS) is 13.2. The van der Waals surface area contributed by atoms with Crippen molar-refractivity contribution in [1.82, 2.24) is 14.8 Å². The van der Waals surface area contributed by atoms with Gasteiger partial charge in [-0.15, -0.1) is 10.2 Å². The predicted octanol–water partition coefficient (Wildman–Crippen LogP) is 5.10. The van der Waals surface area contributed by atoms with Crippen LogP contribution in [0.5, 0.6) is 0 Å². The number of amides is 2. The van der Waals surface area contributed by atoms with Gasteiger partial charge in [0.05, 0.1) is 11.6 Å². The maximum absolute atomic E-state index is 13.5. The Morgan fingerprint density at radius 1 is 1.09 bits per heavy atom. The topological polar surface area (TPSA) is 66.3 Å². The highest BCUT2D eigenvalue weighted by Gasteiger charge is 2.22. The molecule has 1 aromatic heterocycles. The largest absolute Gasteiger partial charge is 0.378 e. The van der Waals surface area contributed by atoms with Gasteiger partial charge in [0.1, 0.15) is 11.6 Å². The lowest BCUT2D eigenvalue weighted by atomic mass is 10.2. The van der Waals surface area contributed by atoms with Crippen LogP contribution in [0.25, 0.3) is 0 Å². The standard InChI is InChI=1S/C23H26ClFN6O/c1-29(2)17-8-10-18(11-9-17)31(23(32)26-16-7-12-20(25)19(24)14-16)15-22-28-27-21-6-4-3-5-13-30(21)22/h7-12,14H,3-6,13,15H2,1-2H3,(H,26,32). The zero-order valence-electron chi connectivity index (χ0n) is 18.2. The van der Waals surface area contributed by atoms with Crippen LogP contribution in [0.4, 0.5) is 26.2 Å². The van der Waals surface area contributed by atoms with Crippen LogP contribution >= 0.6 is 11.6 Å². The van der Waals surface area contributed by atoms with Crippen molar-refractivity contribution in [3.63, 3.8) is 0 Å². The summed E-state index contributed by atoms with van der Waals surface area (Å²) in [6, 6.07) is 11.4. The number of benzene rings is 2. The quantitative estimate of drug-likeness (QED) is 0.580. The second-order valence-electron chi connectivity index (χ2n) is 8.05. The van der Waals surface area contributed by atoms with Gasteiger partial charge in [0.25, 0.3) is 0 Å². The van der Waals surface area contributed by atoms with Crippen molar-refractivity contribution in [2.24, 2.45) is 0 Å². The summed E-state index contributed by atoms with van der Waals surface area (Å²) in [6.45, 7) is 1.11. The number of aryl methyl sites for hydroxylation is 1. The van der Waals surface area contributed by atoms with Crippen LogP contribution in [0.3, 0.4) is 0 Å². The van der Waals surface area contributed by atoms with Crippen molar-refractivity contribution in [2.75, 3.05) is 29.2 Å². The molecule has 0 unspecified atom stereocenters. The fraction of sp³-hybridized carbons (Fsp3) is 0.348. The van der Waals surface area contributed by atoms with E-state index in [1.807, 2.05) is 43.3 Å². The molecule has 4 rings (SSSR count). The Balaban J connectivity index is 1.64. The first-order chi connectivity index (χ1) is 15.4. The summed E-state index contributed by atoms with van der Waals surface area (Å²) in [7, 11) is 3.92. The van der Waals surface area contributed by atoms with Gasteiger partial charge in [-0.05, 0) is 55.3 Å². The third kappa shape index (κ3) is 4.85. The molecule has 0 bridgehead atoms. The smallest absolute Gasteiger partial charge is 0.326 e. The van der Waals surface area contributed by atoms with Gasteiger partial charge in [-0.3, -0.25) is 4.90 Å². The average Bonchev–Trinajstić information content (AvgIpc) is 3.00. The molecule has 0 spiro atoms. The van der Waals surface area contributed by atoms with Gasteiger partial charge in [-0.25, -0.2) is 9.18 Å². The van der Waals surface area contributed by atoms with Crippen molar-refractivity contribution < 1.29 is 9.18 Å². The molecule has 168 valence electrons. The Kier molecular flexibility index (Phi) is 6.60. The summed E-state index contributed by atoms with van der Waals surface area (Å²) >= 11 is 5.88. The number of fused-ring (bicyclic) bond motifs is 1. The Labute approximate surface area is 191 Å². The summed E-state index contributed by atoms with van der Waals surface area (Å²) in [5.74, 6) is 1.17. The number of hydrogen-bond acceptors (Lipinski definition) is 4. The maximum atomic E-state index is 13.5. The molecule has 0 aliphatic carbocycles. The number of anilines is 3. The van der Waals surface area contributed by atoms with Gasteiger partial charge in [0.15, 0.2) is 5.82 Å². The van der Waals surface area contributed by atoms with E-state index in [0.717, 1.165) is 49.6 Å². The van der Waals surface area contributed by atoms with E-state index >= 15 is 0 Å². The fourth-order valence-electron chi connectivity index (χ4n) is 3.78. The van der Waals surface area contributed by atoms with Gasteiger partial charge in [-0.2, -0.15) is 0 Å². The van der Waals surface area contributed by atoms with E-state index in [-0.39, 0.29) is 17.6 Å². The zero-order valence-corrected chi connectivity index (χ0v) is 18.9. The number of nitrogens with zero attached hydrogens (tertiary/aromatic N) is 5. The van der Waals surface area contributed by atoms with Crippen molar-refractivity contribution in [1.29, 1.82) is 0 Å². The van der Waals surface area contributed by atoms with Gasteiger partial charge < -0.3 is 14.8 Å². The Morgan fingerprint density at radius 3 is 2.56 bits per heavy atom. The second kappa shape index (κ2) is 9.56. The number of nitrogens with one attached hydrogen (secondary N) is 1. The summed E-state index contributed by atoms with van der Waals surface area (Å²) in [4.78, 5) is 16.9. The predicted molar refractivity (Wildman–Crippen MR) is 125 cm³/mol. The van der Waals surface area contributed by atoms with Crippen molar-refractivity contribution >= 4 is 34.7 Å². The number of urea groups is 1. The van der Waals surface area contributed by atoms with Crippen LogP contribution < -0.4 is 15.1 Å². The summed E-state index contributed by atoms with van der Waals surface area (Å²) < 4.78 is 15.7. The number of rotatable bonds is 5. The van der Waals surface area contributed by atoms with Crippen LogP contribution in [0.1, 0.15) is 30.9 Å². The first-order valence-corrected chi connectivity index (χ1v) is 11.0. The Morgan fingerprint density at radius 2 is 1.84 bits per heavy atom. The number of hydrogen-bond donors (Lipinski definition) is 1. The molecule has 0 saturated carbocycles.